The summed E-state index contributed by atoms with van der Waals surface area (Å²) in [5.41, 5.74) is -0.125. The first-order valence-corrected chi connectivity index (χ1v) is 8.43. The lowest BCUT2D eigenvalue weighted by molar-refractivity contribution is -0.838. The van der Waals surface area contributed by atoms with Crippen LogP contribution in [0.15, 0.2) is 45.0 Å². The van der Waals surface area contributed by atoms with Crippen LogP contribution in [0.3, 0.4) is 0 Å². The third kappa shape index (κ3) is 3.67. The number of hydrogen-bond acceptors (Lipinski definition) is 6. The molecule has 138 valence electrons. The summed E-state index contributed by atoms with van der Waals surface area (Å²) < 4.78 is 24.9. The topological polar surface area (TPSA) is 138 Å². The van der Waals surface area contributed by atoms with E-state index in [9.17, 15) is 18.4 Å². The van der Waals surface area contributed by atoms with Crippen molar-refractivity contribution in [3.05, 3.63) is 46.0 Å². The molecule has 1 aromatic carbocycles. The Hall–Kier alpha value is -1.98. The monoisotopic (exact) mass is 390 g/mol. The normalized spacial score (nSPS) is 14.6. The van der Waals surface area contributed by atoms with Gasteiger partial charge in [0.15, 0.2) is 4.90 Å². The highest BCUT2D eigenvalue weighted by molar-refractivity contribution is 7.92. The molecule has 3 N–H and O–H groups in total. The van der Waals surface area contributed by atoms with Gasteiger partial charge >= 0.3 is 0 Å². The quantitative estimate of drug-likeness (QED) is 0.587. The van der Waals surface area contributed by atoms with Gasteiger partial charge in [0.2, 0.25) is 9.84 Å². The number of nitrogens with one attached hydrogen (secondary N) is 1. The number of quaternary nitrogens is 1. The summed E-state index contributed by atoms with van der Waals surface area (Å²) >= 11 is 0. The van der Waals surface area contributed by atoms with E-state index in [-0.39, 0.29) is 46.5 Å². The molecule has 0 amide bonds. The Kier molecular flexibility index (Phi) is 5.98. The summed E-state index contributed by atoms with van der Waals surface area (Å²) in [5.74, 6) is 0. The van der Waals surface area contributed by atoms with Crippen LogP contribution >= 0.6 is 12.4 Å². The zero-order valence-corrected chi connectivity index (χ0v) is 15.2. The molecule has 0 radical (unpaired) electrons. The molecular formula is C14H19ClN4O5S. The van der Waals surface area contributed by atoms with Crippen LogP contribution in [0, 0.1) is 5.21 Å². The molecule has 0 unspecified atom stereocenters. The van der Waals surface area contributed by atoms with Crippen LogP contribution in [0.2, 0.25) is 0 Å². The van der Waals surface area contributed by atoms with Crippen LogP contribution in [0.4, 0.5) is 11.4 Å². The maximum atomic E-state index is 12.7. The zero-order chi connectivity index (χ0) is 16.8. The Labute approximate surface area is 150 Å². The molecule has 1 aromatic heterocycles. The fraction of sp³-hybridized carbons (Fsp3) is 0.286. The van der Waals surface area contributed by atoms with E-state index in [0.717, 1.165) is 0 Å². The summed E-state index contributed by atoms with van der Waals surface area (Å²) in [6, 6.07) is 6.42. The van der Waals surface area contributed by atoms with Crippen molar-refractivity contribution in [2.75, 3.05) is 32.1 Å². The fourth-order valence-corrected chi connectivity index (χ4v) is 4.22. The van der Waals surface area contributed by atoms with Gasteiger partial charge in [0, 0.05) is 0 Å². The number of nitrogens with zero attached hydrogens (tertiary/aromatic N) is 3. The molecule has 0 fully saturated rings. The number of rotatable bonds is 3. The Balaban J connectivity index is 0.00000156. The SMILES string of the molecule is C[N+](C)([O-])CCN1c2ccccc2S(=O)(=O)c2c1cn[nH]c2=O.Cl.O. The van der Waals surface area contributed by atoms with Gasteiger partial charge in [0.1, 0.15) is 0 Å². The molecule has 2 heterocycles. The number of para-hydroxylation sites is 1. The maximum absolute atomic E-state index is 12.7. The van der Waals surface area contributed by atoms with Crippen molar-refractivity contribution in [3.8, 4) is 0 Å². The predicted molar refractivity (Wildman–Crippen MR) is 95.0 cm³/mol. The second kappa shape index (κ2) is 7.10. The number of sulfone groups is 1. The Morgan fingerprint density at radius 2 is 1.88 bits per heavy atom. The van der Waals surface area contributed by atoms with E-state index < -0.39 is 20.0 Å². The number of fused-ring (bicyclic) bond motifs is 2. The number of anilines is 2. The number of benzene rings is 1. The Morgan fingerprint density at radius 3 is 2.52 bits per heavy atom. The molecular weight excluding hydrogens is 372 g/mol. The maximum Gasteiger partial charge on any atom is 0.285 e. The van der Waals surface area contributed by atoms with Crippen LogP contribution in [0.25, 0.3) is 0 Å². The van der Waals surface area contributed by atoms with E-state index >= 15 is 0 Å². The van der Waals surface area contributed by atoms with Gasteiger partial charge in [-0.05, 0) is 12.1 Å². The number of hydroxylamine groups is 3. The molecule has 0 atom stereocenters. The van der Waals surface area contributed by atoms with Crippen LogP contribution in [0.1, 0.15) is 0 Å². The highest BCUT2D eigenvalue weighted by atomic mass is 35.5. The number of aromatic nitrogens is 2. The molecule has 0 spiro atoms. The van der Waals surface area contributed by atoms with E-state index in [4.69, 9.17) is 0 Å². The predicted octanol–water partition coefficient (Wildman–Crippen LogP) is 0.225. The van der Waals surface area contributed by atoms with E-state index in [1.165, 1.54) is 26.4 Å². The fourth-order valence-electron chi connectivity index (χ4n) is 2.56. The first-order chi connectivity index (χ1) is 10.7. The number of likely N-dealkylation sites (N-methyl/N-ethyl adjacent to an activating group) is 1. The first-order valence-electron chi connectivity index (χ1n) is 6.95. The average molecular weight is 391 g/mol. The van der Waals surface area contributed by atoms with Crippen molar-refractivity contribution in [1.82, 2.24) is 10.2 Å². The van der Waals surface area contributed by atoms with Crippen LogP contribution < -0.4 is 10.5 Å². The molecule has 0 saturated heterocycles. The molecule has 0 bridgehead atoms. The lowest BCUT2D eigenvalue weighted by Crippen LogP contribution is -2.41. The van der Waals surface area contributed by atoms with E-state index in [0.29, 0.717) is 5.69 Å². The second-order valence-corrected chi connectivity index (χ2v) is 7.69. The minimum Gasteiger partial charge on any atom is -0.633 e. The summed E-state index contributed by atoms with van der Waals surface area (Å²) in [7, 11) is -0.920. The second-order valence-electron chi connectivity index (χ2n) is 5.83. The average Bonchev–Trinajstić information content (AvgIpc) is 2.46. The van der Waals surface area contributed by atoms with Crippen molar-refractivity contribution < 1.29 is 18.5 Å². The zero-order valence-electron chi connectivity index (χ0n) is 13.6. The molecule has 11 heteroatoms. The van der Waals surface area contributed by atoms with Crippen molar-refractivity contribution in [3.63, 3.8) is 0 Å². The van der Waals surface area contributed by atoms with Crippen molar-refractivity contribution >= 4 is 33.6 Å². The Bertz CT molecular complexity index is 923. The van der Waals surface area contributed by atoms with Crippen LogP contribution in [-0.4, -0.2) is 55.9 Å². The van der Waals surface area contributed by atoms with Gasteiger partial charge in [-0.15, -0.1) is 12.4 Å². The van der Waals surface area contributed by atoms with Crippen molar-refractivity contribution in [2.24, 2.45) is 0 Å². The third-order valence-corrected chi connectivity index (χ3v) is 5.52. The lowest BCUT2D eigenvalue weighted by Gasteiger charge is -2.38. The molecule has 0 saturated carbocycles. The standard InChI is InChI=1S/C14H16N4O4S.ClH.H2O/c1-18(2,20)8-7-17-10-5-3-4-6-12(10)23(21,22)13-11(17)9-15-16-14(13)19;;/h3-6,9H,7-8H2,1-2H3,(H,16,19);1H;1H2. The summed E-state index contributed by atoms with van der Waals surface area (Å²) in [4.78, 5) is 13.4. The smallest absolute Gasteiger partial charge is 0.285 e. The number of halogens is 1. The van der Waals surface area contributed by atoms with Gasteiger partial charge in [-0.25, -0.2) is 13.5 Å². The van der Waals surface area contributed by atoms with Crippen LogP contribution in [-0.2, 0) is 9.84 Å². The third-order valence-electron chi connectivity index (χ3n) is 3.66. The molecule has 1 aliphatic rings. The Morgan fingerprint density at radius 1 is 1.24 bits per heavy atom. The number of hydrogen-bond donors (Lipinski definition) is 1. The number of H-pyrrole nitrogens is 1. The highest BCUT2D eigenvalue weighted by Gasteiger charge is 2.36. The lowest BCUT2D eigenvalue weighted by atomic mass is 10.2. The summed E-state index contributed by atoms with van der Waals surface area (Å²) in [6.07, 6.45) is 1.30. The largest absolute Gasteiger partial charge is 0.633 e. The van der Waals surface area contributed by atoms with Gasteiger partial charge in [-0.3, -0.25) is 4.79 Å². The minimum atomic E-state index is -3.93. The molecule has 3 rings (SSSR count). The van der Waals surface area contributed by atoms with Gasteiger partial charge in [-0.2, -0.15) is 5.10 Å². The minimum absolute atomic E-state index is 0. The van der Waals surface area contributed by atoms with E-state index in [1.54, 1.807) is 23.1 Å². The molecule has 0 aliphatic carbocycles. The van der Waals surface area contributed by atoms with Crippen LogP contribution in [0.5, 0.6) is 0 Å². The molecule has 1 aliphatic heterocycles. The first kappa shape index (κ1) is 21.1. The summed E-state index contributed by atoms with van der Waals surface area (Å²) in [6.45, 7) is 0.488. The van der Waals surface area contributed by atoms with Crippen molar-refractivity contribution in [2.45, 2.75) is 9.79 Å². The van der Waals surface area contributed by atoms with Gasteiger partial charge in [-0.1, -0.05) is 12.1 Å². The number of aromatic amines is 1. The van der Waals surface area contributed by atoms with Gasteiger partial charge in [0.05, 0.1) is 49.7 Å². The van der Waals surface area contributed by atoms with Gasteiger partial charge < -0.3 is 20.2 Å². The molecule has 9 nitrogen and oxygen atoms in total. The summed E-state index contributed by atoms with van der Waals surface area (Å²) in [5, 5.41) is 17.7. The molecule has 25 heavy (non-hydrogen) atoms. The molecule has 2 aromatic rings. The van der Waals surface area contributed by atoms with E-state index in [1.807, 2.05) is 0 Å². The highest BCUT2D eigenvalue weighted by Crippen LogP contribution is 2.41. The van der Waals surface area contributed by atoms with E-state index in [2.05, 4.69) is 10.2 Å². The van der Waals surface area contributed by atoms with Gasteiger partial charge in [0.25, 0.3) is 5.56 Å². The van der Waals surface area contributed by atoms with Crippen molar-refractivity contribution in [1.29, 1.82) is 0 Å².